The number of imidazole rings is 1. The van der Waals surface area contributed by atoms with E-state index < -0.39 is 0 Å². The first kappa shape index (κ1) is 12.1. The number of aryl methyl sites for hydroxylation is 2. The Morgan fingerprint density at radius 1 is 1.21 bits per heavy atom. The van der Waals surface area contributed by atoms with Gasteiger partial charge in [0.1, 0.15) is 12.1 Å². The van der Waals surface area contributed by atoms with Crippen LogP contribution in [0.25, 0.3) is 0 Å². The zero-order chi connectivity index (χ0) is 12.9. The van der Waals surface area contributed by atoms with Crippen molar-refractivity contribution < 1.29 is 0 Å². The highest BCUT2D eigenvalue weighted by Gasteiger charge is 2.14. The predicted molar refractivity (Wildman–Crippen MR) is 74.0 cm³/mol. The Bertz CT molecular complexity index is 521. The SMILES string of the molecule is c1cn(CCCNc2ncnc3c2CCCC3)cn1. The zero-order valence-corrected chi connectivity index (χ0v) is 11.0. The molecule has 100 valence electrons. The maximum absolute atomic E-state index is 4.39. The van der Waals surface area contributed by atoms with E-state index in [9.17, 15) is 0 Å². The summed E-state index contributed by atoms with van der Waals surface area (Å²) in [5.74, 6) is 1.04. The molecule has 0 bridgehead atoms. The standard InChI is InChI=1S/C14H19N5/c1-2-5-13-12(4-1)14(18-10-17-13)16-6-3-8-19-9-7-15-11-19/h7,9-11H,1-6,8H2,(H,16,17,18). The van der Waals surface area contributed by atoms with Gasteiger partial charge in [-0.3, -0.25) is 0 Å². The van der Waals surface area contributed by atoms with Crippen molar-refractivity contribution in [3.05, 3.63) is 36.3 Å². The highest BCUT2D eigenvalue weighted by atomic mass is 15.0. The van der Waals surface area contributed by atoms with E-state index >= 15 is 0 Å². The first-order chi connectivity index (χ1) is 9.43. The second kappa shape index (κ2) is 5.82. The first-order valence-corrected chi connectivity index (χ1v) is 6.96. The van der Waals surface area contributed by atoms with Crippen LogP contribution in [0.1, 0.15) is 30.5 Å². The van der Waals surface area contributed by atoms with Crippen molar-refractivity contribution >= 4 is 5.82 Å². The molecule has 0 spiro atoms. The van der Waals surface area contributed by atoms with Gasteiger partial charge in [0.2, 0.25) is 0 Å². The van der Waals surface area contributed by atoms with Crippen LogP contribution >= 0.6 is 0 Å². The van der Waals surface area contributed by atoms with Gasteiger partial charge < -0.3 is 9.88 Å². The van der Waals surface area contributed by atoms with Gasteiger partial charge in [0.05, 0.1) is 6.33 Å². The molecule has 0 saturated heterocycles. The average Bonchev–Trinajstić information content (AvgIpc) is 2.97. The third-order valence-corrected chi connectivity index (χ3v) is 3.57. The maximum atomic E-state index is 4.39. The molecular formula is C14H19N5. The van der Waals surface area contributed by atoms with Crippen LogP contribution in [0, 0.1) is 0 Å². The number of fused-ring (bicyclic) bond motifs is 1. The minimum absolute atomic E-state index is 0.932. The molecule has 0 fully saturated rings. The Morgan fingerprint density at radius 2 is 2.16 bits per heavy atom. The Labute approximate surface area is 113 Å². The van der Waals surface area contributed by atoms with Crippen molar-refractivity contribution in [3.8, 4) is 0 Å². The molecule has 0 radical (unpaired) electrons. The van der Waals surface area contributed by atoms with Crippen LogP contribution in [0.3, 0.4) is 0 Å². The van der Waals surface area contributed by atoms with E-state index in [-0.39, 0.29) is 0 Å². The van der Waals surface area contributed by atoms with E-state index in [2.05, 4.69) is 24.8 Å². The molecule has 2 aromatic rings. The molecule has 0 aromatic carbocycles. The Balaban J connectivity index is 1.55. The number of hydrogen-bond acceptors (Lipinski definition) is 4. The van der Waals surface area contributed by atoms with Crippen molar-refractivity contribution in [2.75, 3.05) is 11.9 Å². The van der Waals surface area contributed by atoms with Crippen LogP contribution in [0.15, 0.2) is 25.0 Å². The van der Waals surface area contributed by atoms with Crippen molar-refractivity contribution in [2.24, 2.45) is 0 Å². The van der Waals surface area contributed by atoms with Crippen molar-refractivity contribution in [3.63, 3.8) is 0 Å². The largest absolute Gasteiger partial charge is 0.370 e. The van der Waals surface area contributed by atoms with Gasteiger partial charge in [-0.25, -0.2) is 15.0 Å². The van der Waals surface area contributed by atoms with Crippen LogP contribution in [0.4, 0.5) is 5.82 Å². The summed E-state index contributed by atoms with van der Waals surface area (Å²) < 4.78 is 2.09. The number of nitrogens with zero attached hydrogens (tertiary/aromatic N) is 4. The molecule has 0 unspecified atom stereocenters. The Kier molecular flexibility index (Phi) is 3.72. The molecule has 2 heterocycles. The molecule has 3 rings (SSSR count). The normalized spacial score (nSPS) is 14.1. The molecule has 2 aromatic heterocycles. The minimum atomic E-state index is 0.932. The van der Waals surface area contributed by atoms with Crippen molar-refractivity contribution in [2.45, 2.75) is 38.6 Å². The van der Waals surface area contributed by atoms with Gasteiger partial charge in [0, 0.05) is 36.7 Å². The van der Waals surface area contributed by atoms with E-state index in [1.165, 1.54) is 24.1 Å². The van der Waals surface area contributed by atoms with E-state index in [1.54, 1.807) is 6.33 Å². The summed E-state index contributed by atoms with van der Waals surface area (Å²) in [6.07, 6.45) is 13.1. The second-order valence-electron chi connectivity index (χ2n) is 4.94. The molecule has 1 aliphatic rings. The Morgan fingerprint density at radius 3 is 3.05 bits per heavy atom. The van der Waals surface area contributed by atoms with E-state index in [1.807, 2.05) is 18.7 Å². The lowest BCUT2D eigenvalue weighted by Gasteiger charge is -2.18. The van der Waals surface area contributed by atoms with Crippen LogP contribution in [0.2, 0.25) is 0 Å². The van der Waals surface area contributed by atoms with Crippen LogP contribution < -0.4 is 5.32 Å². The van der Waals surface area contributed by atoms with Crippen LogP contribution in [0.5, 0.6) is 0 Å². The quantitative estimate of drug-likeness (QED) is 0.833. The monoisotopic (exact) mass is 257 g/mol. The number of nitrogens with one attached hydrogen (secondary N) is 1. The lowest BCUT2D eigenvalue weighted by molar-refractivity contribution is 0.650. The second-order valence-corrected chi connectivity index (χ2v) is 4.94. The summed E-state index contributed by atoms with van der Waals surface area (Å²) in [7, 11) is 0. The molecule has 0 atom stereocenters. The lowest BCUT2D eigenvalue weighted by Crippen LogP contribution is -2.13. The highest BCUT2D eigenvalue weighted by Crippen LogP contribution is 2.24. The van der Waals surface area contributed by atoms with E-state index in [0.29, 0.717) is 0 Å². The fourth-order valence-corrected chi connectivity index (χ4v) is 2.56. The van der Waals surface area contributed by atoms with Crippen LogP contribution in [-0.2, 0) is 19.4 Å². The fourth-order valence-electron chi connectivity index (χ4n) is 2.56. The van der Waals surface area contributed by atoms with Crippen molar-refractivity contribution in [1.29, 1.82) is 0 Å². The third kappa shape index (κ3) is 2.92. The molecule has 19 heavy (non-hydrogen) atoms. The van der Waals surface area contributed by atoms with E-state index in [4.69, 9.17) is 0 Å². The topological polar surface area (TPSA) is 55.6 Å². The molecular weight excluding hydrogens is 238 g/mol. The van der Waals surface area contributed by atoms with Gasteiger partial charge in [-0.1, -0.05) is 0 Å². The van der Waals surface area contributed by atoms with E-state index in [0.717, 1.165) is 38.2 Å². The summed E-state index contributed by atoms with van der Waals surface area (Å²) >= 11 is 0. The summed E-state index contributed by atoms with van der Waals surface area (Å²) in [4.78, 5) is 12.8. The Hall–Kier alpha value is -1.91. The molecule has 1 aliphatic carbocycles. The summed E-state index contributed by atoms with van der Waals surface area (Å²) in [5, 5.41) is 3.45. The van der Waals surface area contributed by atoms with Gasteiger partial charge in [-0.2, -0.15) is 0 Å². The molecule has 1 N–H and O–H groups in total. The summed E-state index contributed by atoms with van der Waals surface area (Å²) in [5.41, 5.74) is 2.56. The summed E-state index contributed by atoms with van der Waals surface area (Å²) in [6, 6.07) is 0. The lowest BCUT2D eigenvalue weighted by atomic mass is 9.96. The van der Waals surface area contributed by atoms with Gasteiger partial charge in [0.15, 0.2) is 0 Å². The highest BCUT2D eigenvalue weighted by molar-refractivity contribution is 5.46. The van der Waals surface area contributed by atoms with Crippen LogP contribution in [-0.4, -0.2) is 26.1 Å². The summed E-state index contributed by atoms with van der Waals surface area (Å²) in [6.45, 7) is 1.92. The molecule has 5 nitrogen and oxygen atoms in total. The molecule has 0 aliphatic heterocycles. The van der Waals surface area contributed by atoms with Gasteiger partial charge in [0.25, 0.3) is 0 Å². The molecule has 5 heteroatoms. The molecule has 0 saturated carbocycles. The van der Waals surface area contributed by atoms with Gasteiger partial charge in [-0.15, -0.1) is 0 Å². The van der Waals surface area contributed by atoms with Gasteiger partial charge >= 0.3 is 0 Å². The van der Waals surface area contributed by atoms with Gasteiger partial charge in [-0.05, 0) is 32.1 Å². The van der Waals surface area contributed by atoms with Crippen molar-refractivity contribution in [1.82, 2.24) is 19.5 Å². The zero-order valence-electron chi connectivity index (χ0n) is 11.0. The maximum Gasteiger partial charge on any atom is 0.132 e. The average molecular weight is 257 g/mol. The first-order valence-electron chi connectivity index (χ1n) is 6.96. The fraction of sp³-hybridized carbons (Fsp3) is 0.500. The number of aromatic nitrogens is 4. The predicted octanol–water partition coefficient (Wildman–Crippen LogP) is 2.05. The molecule has 0 amide bonds. The smallest absolute Gasteiger partial charge is 0.132 e. The number of hydrogen-bond donors (Lipinski definition) is 1. The number of anilines is 1. The number of rotatable bonds is 5. The minimum Gasteiger partial charge on any atom is -0.370 e. The third-order valence-electron chi connectivity index (χ3n) is 3.57.